The molecular weight excluding hydrogens is 785 g/mol. The summed E-state index contributed by atoms with van der Waals surface area (Å²) in [6.07, 6.45) is 6.15. The molecule has 4 N–H and O–H groups in total. The van der Waals surface area contributed by atoms with E-state index in [1.54, 1.807) is 0 Å². The summed E-state index contributed by atoms with van der Waals surface area (Å²) in [4.78, 5) is 73.5. The van der Waals surface area contributed by atoms with E-state index in [1.165, 1.54) is 7.11 Å². The van der Waals surface area contributed by atoms with Crippen LogP contribution in [0.1, 0.15) is 93.3 Å². The molecule has 1 aliphatic carbocycles. The summed E-state index contributed by atoms with van der Waals surface area (Å²) in [5, 5.41) is 7.79. The van der Waals surface area contributed by atoms with Crippen LogP contribution in [-0.2, 0) is 25.7 Å². The van der Waals surface area contributed by atoms with E-state index in [0.717, 1.165) is 111 Å². The second kappa shape index (κ2) is 16.0. The van der Waals surface area contributed by atoms with Gasteiger partial charge in [0, 0.05) is 30.0 Å². The molecule has 4 atom stereocenters. The van der Waals surface area contributed by atoms with Gasteiger partial charge in [-0.1, -0.05) is 62.4 Å². The molecule has 0 spiro atoms. The van der Waals surface area contributed by atoms with Crippen molar-refractivity contribution >= 4 is 45.6 Å². The van der Waals surface area contributed by atoms with Gasteiger partial charge in [-0.25, -0.2) is 14.8 Å². The number of aromatic amines is 2. The fourth-order valence-electron chi connectivity index (χ4n) is 9.50. The van der Waals surface area contributed by atoms with Crippen molar-refractivity contribution in [3.05, 3.63) is 102 Å². The Bertz CT molecular complexity index is 2720. The summed E-state index contributed by atoms with van der Waals surface area (Å²) in [5.41, 5.74) is 7.44. The van der Waals surface area contributed by atoms with Gasteiger partial charge in [0.15, 0.2) is 0 Å². The number of carbonyl (C=O) groups excluding carboxylic acids is 4. The Morgan fingerprint density at radius 3 is 2.32 bits per heavy atom. The van der Waals surface area contributed by atoms with Gasteiger partial charge in [-0.15, -0.1) is 0 Å². The van der Waals surface area contributed by atoms with E-state index in [1.807, 2.05) is 66.2 Å². The van der Waals surface area contributed by atoms with E-state index < -0.39 is 18.2 Å². The second-order valence-electron chi connectivity index (χ2n) is 17.4. The molecule has 4 aromatic carbocycles. The maximum atomic E-state index is 14.2. The first kappa shape index (κ1) is 39.4. The normalized spacial score (nSPS) is 19.2. The predicted octanol–water partition coefficient (Wildman–Crippen LogP) is 7.64. The van der Waals surface area contributed by atoms with Gasteiger partial charge in [0.2, 0.25) is 17.7 Å². The first-order valence-electron chi connectivity index (χ1n) is 21.7. The van der Waals surface area contributed by atoms with Gasteiger partial charge in [-0.2, -0.15) is 0 Å². The zero-order chi connectivity index (χ0) is 42.6. The lowest BCUT2D eigenvalue weighted by atomic mass is 9.92. The van der Waals surface area contributed by atoms with Crippen LogP contribution in [0.2, 0.25) is 0 Å². The Hall–Kier alpha value is -6.70. The fraction of sp³-hybridized carbons (Fsp3) is 0.375. The number of methoxy groups -OCH3 is 1. The highest BCUT2D eigenvalue weighted by Crippen LogP contribution is 2.44. The van der Waals surface area contributed by atoms with Crippen molar-refractivity contribution in [3.63, 3.8) is 0 Å². The highest BCUT2D eigenvalue weighted by atomic mass is 16.5. The van der Waals surface area contributed by atoms with Crippen molar-refractivity contribution in [2.45, 2.75) is 83.1 Å². The molecule has 62 heavy (non-hydrogen) atoms. The number of nitrogens with one attached hydrogen (secondary N) is 4. The Kier molecular flexibility index (Phi) is 10.2. The number of alkyl carbamates (subject to hydrolysis) is 1. The van der Waals surface area contributed by atoms with E-state index in [-0.39, 0.29) is 41.6 Å². The van der Waals surface area contributed by atoms with E-state index >= 15 is 0 Å². The number of nitrogens with zero attached hydrogens (tertiary/aromatic N) is 4. The molecule has 318 valence electrons. The monoisotopic (exact) mass is 834 g/mol. The largest absolute Gasteiger partial charge is 0.488 e. The SMILES string of the molecule is COC(=O)N[C@H](C(=O)N1CCC[C@H]1c1nc2ccc3cc4c(cc3c2[nH]1)OCc1cc(-c2cnc([C@@H]3CCCN3C(=O)[C@H](NC(=O)C3CC3)c3ccccc3)[nH]2)ccc1-4)C(C)C. The van der Waals surface area contributed by atoms with Crippen LogP contribution in [0.25, 0.3) is 44.2 Å². The van der Waals surface area contributed by atoms with Crippen molar-refractivity contribution in [2.24, 2.45) is 11.8 Å². The van der Waals surface area contributed by atoms with Crippen molar-refractivity contribution in [1.82, 2.24) is 40.4 Å². The van der Waals surface area contributed by atoms with Gasteiger partial charge >= 0.3 is 6.09 Å². The molecule has 0 unspecified atom stereocenters. The number of H-pyrrole nitrogens is 2. The van der Waals surface area contributed by atoms with Gasteiger partial charge in [-0.3, -0.25) is 14.4 Å². The average Bonchev–Trinajstić information content (AvgIpc) is 3.70. The van der Waals surface area contributed by atoms with E-state index in [0.29, 0.717) is 19.7 Å². The summed E-state index contributed by atoms with van der Waals surface area (Å²) in [6.45, 7) is 5.38. The third-order valence-electron chi connectivity index (χ3n) is 13.0. The maximum absolute atomic E-state index is 14.2. The number of carbonyl (C=O) groups is 4. The lowest BCUT2D eigenvalue weighted by Gasteiger charge is -2.29. The highest BCUT2D eigenvalue weighted by Gasteiger charge is 2.40. The van der Waals surface area contributed by atoms with Crippen LogP contribution in [-0.4, -0.2) is 79.8 Å². The smallest absolute Gasteiger partial charge is 0.407 e. The maximum Gasteiger partial charge on any atom is 0.407 e. The lowest BCUT2D eigenvalue weighted by molar-refractivity contribution is -0.138. The third-order valence-corrected chi connectivity index (χ3v) is 13.0. The minimum atomic E-state index is -0.745. The number of imidazole rings is 2. The number of fused-ring (bicyclic) bond motifs is 6. The number of rotatable bonds is 10. The van der Waals surface area contributed by atoms with E-state index in [2.05, 4.69) is 57.0 Å². The number of aromatic nitrogens is 4. The third kappa shape index (κ3) is 7.20. The molecule has 3 aliphatic heterocycles. The number of ether oxygens (including phenoxy) is 2. The quantitative estimate of drug-likeness (QED) is 0.109. The van der Waals surface area contributed by atoms with Gasteiger partial charge in [0.1, 0.15) is 36.1 Å². The average molecular weight is 835 g/mol. The Balaban J connectivity index is 0.886. The fourth-order valence-corrected chi connectivity index (χ4v) is 9.50. The minimum absolute atomic E-state index is 0.00834. The first-order chi connectivity index (χ1) is 30.1. The minimum Gasteiger partial charge on any atom is -0.488 e. The summed E-state index contributed by atoms with van der Waals surface area (Å²) in [6, 6.07) is 22.3. The van der Waals surface area contributed by atoms with Crippen molar-refractivity contribution in [2.75, 3.05) is 20.2 Å². The molecule has 3 fully saturated rings. The molecule has 4 aliphatic rings. The molecule has 5 heterocycles. The Morgan fingerprint density at radius 1 is 0.823 bits per heavy atom. The van der Waals surface area contributed by atoms with Crippen molar-refractivity contribution in [1.29, 1.82) is 0 Å². The van der Waals surface area contributed by atoms with Crippen LogP contribution in [0.3, 0.4) is 0 Å². The topological polar surface area (TPSA) is 175 Å². The molecule has 6 aromatic rings. The molecule has 2 aromatic heterocycles. The summed E-state index contributed by atoms with van der Waals surface area (Å²) in [7, 11) is 1.29. The van der Waals surface area contributed by atoms with Gasteiger partial charge < -0.3 is 39.9 Å². The Morgan fingerprint density at radius 2 is 1.58 bits per heavy atom. The van der Waals surface area contributed by atoms with Crippen molar-refractivity contribution < 1.29 is 28.7 Å². The van der Waals surface area contributed by atoms with Crippen molar-refractivity contribution in [3.8, 4) is 28.1 Å². The summed E-state index contributed by atoms with van der Waals surface area (Å²) in [5.74, 6) is 1.78. The molecule has 10 rings (SSSR count). The van der Waals surface area contributed by atoms with Gasteiger partial charge in [0.05, 0.1) is 42.1 Å². The second-order valence-corrected chi connectivity index (χ2v) is 17.4. The number of amides is 4. The van der Waals surface area contributed by atoms with E-state index in [4.69, 9.17) is 19.4 Å². The van der Waals surface area contributed by atoms with Crippen LogP contribution < -0.4 is 15.4 Å². The predicted molar refractivity (Wildman–Crippen MR) is 233 cm³/mol. The van der Waals surface area contributed by atoms with E-state index in [9.17, 15) is 19.2 Å². The molecule has 2 saturated heterocycles. The number of hydrogen-bond acceptors (Lipinski definition) is 8. The molecule has 0 bridgehead atoms. The van der Waals surface area contributed by atoms with Crippen LogP contribution in [0.4, 0.5) is 4.79 Å². The molecule has 4 amide bonds. The molecule has 14 nitrogen and oxygen atoms in total. The first-order valence-corrected chi connectivity index (χ1v) is 21.7. The van der Waals surface area contributed by atoms with Gasteiger partial charge in [-0.05, 0) is 96.3 Å². The Labute approximate surface area is 358 Å². The van der Waals surface area contributed by atoms with Crippen LogP contribution >= 0.6 is 0 Å². The standard InChI is InChI=1S/C48H50N8O6/c1-26(2)40(54-48(60)61-3)46(58)56-20-8-12-38(56)44-50-35-18-16-29-22-34-32-17-15-30(21-31(32)25-62-39(34)23-33(29)42(35)52-44)36-24-49-43(51-36)37-11-7-19-55(37)47(59)41(27-9-5-4-6-10-27)53-45(57)28-13-14-28/h4-6,9-10,15-18,21-24,26,28,37-38,40-41H,7-8,11-14,19-20,25H2,1-3H3,(H,49,51)(H,50,52)(H,53,57)(H,54,60)/t37-,38-,40-,41+/m0/s1. The van der Waals surface area contributed by atoms with Gasteiger partial charge in [0.25, 0.3) is 0 Å². The molecule has 14 heteroatoms. The molecular formula is C48H50N8O6. The molecule has 0 radical (unpaired) electrons. The summed E-state index contributed by atoms with van der Waals surface area (Å²) < 4.78 is 11.2. The number of likely N-dealkylation sites (tertiary alicyclic amines) is 2. The summed E-state index contributed by atoms with van der Waals surface area (Å²) >= 11 is 0. The number of benzene rings is 4. The van der Waals surface area contributed by atoms with Crippen LogP contribution in [0, 0.1) is 11.8 Å². The number of hydrogen-bond donors (Lipinski definition) is 4. The lowest BCUT2D eigenvalue weighted by Crippen LogP contribution is -2.51. The van der Waals surface area contributed by atoms with Crippen LogP contribution in [0.15, 0.2) is 79.0 Å². The highest BCUT2D eigenvalue weighted by molar-refractivity contribution is 6.07. The zero-order valence-corrected chi connectivity index (χ0v) is 35.1. The molecule has 1 saturated carbocycles. The van der Waals surface area contributed by atoms with Crippen LogP contribution in [0.5, 0.6) is 5.75 Å². The zero-order valence-electron chi connectivity index (χ0n) is 35.1.